The fourth-order valence-corrected chi connectivity index (χ4v) is 4.48. The van der Waals surface area contributed by atoms with Crippen molar-refractivity contribution >= 4 is 17.4 Å². The van der Waals surface area contributed by atoms with Gasteiger partial charge in [-0.15, -0.1) is 0 Å². The molecule has 0 bridgehead atoms. The summed E-state index contributed by atoms with van der Waals surface area (Å²) in [5, 5.41) is 4.01. The lowest BCUT2D eigenvalue weighted by Crippen LogP contribution is -2.39. The molecule has 1 N–H and O–H groups in total. The van der Waals surface area contributed by atoms with E-state index in [1.165, 1.54) is 11.1 Å². The van der Waals surface area contributed by atoms with Gasteiger partial charge in [-0.3, -0.25) is 4.90 Å². The summed E-state index contributed by atoms with van der Waals surface area (Å²) in [6, 6.07) is 6.64. The van der Waals surface area contributed by atoms with Crippen molar-refractivity contribution in [1.29, 1.82) is 0 Å². The van der Waals surface area contributed by atoms with Gasteiger partial charge in [0.1, 0.15) is 5.82 Å². The summed E-state index contributed by atoms with van der Waals surface area (Å²) in [4.78, 5) is 11.4. The largest absolute Gasteiger partial charge is 0.493 e. The van der Waals surface area contributed by atoms with Gasteiger partial charge in [-0.05, 0) is 68.3 Å². The highest BCUT2D eigenvalue weighted by Gasteiger charge is 2.24. The monoisotopic (exact) mass is 416 g/mol. The molecule has 1 fully saturated rings. The molecule has 1 aromatic heterocycles. The van der Waals surface area contributed by atoms with E-state index >= 15 is 0 Å². The van der Waals surface area contributed by atoms with Crippen LogP contribution >= 0.6 is 11.6 Å². The molecule has 0 amide bonds. The molecule has 0 saturated carbocycles. The standard InChI is InChI=1S/C22H29ClN4O2/c1-3-29-20-13-15(7-8-19(20)28-2)14-27-11-9-16(10-12-27)24-21-17-5-4-6-18(17)25-22(23)26-21/h7-8,13,16H,3-6,9-12,14H2,1-2H3,(H,24,25,26). The summed E-state index contributed by atoms with van der Waals surface area (Å²) >= 11 is 6.13. The molecule has 0 unspecified atom stereocenters. The van der Waals surface area contributed by atoms with Gasteiger partial charge in [-0.2, -0.15) is 0 Å². The van der Waals surface area contributed by atoms with E-state index in [4.69, 9.17) is 21.1 Å². The number of hydrogen-bond donors (Lipinski definition) is 1. The van der Waals surface area contributed by atoms with Gasteiger partial charge in [-0.25, -0.2) is 9.97 Å². The van der Waals surface area contributed by atoms with E-state index < -0.39 is 0 Å². The minimum Gasteiger partial charge on any atom is -0.493 e. The number of likely N-dealkylation sites (tertiary alicyclic amines) is 1. The zero-order valence-electron chi connectivity index (χ0n) is 17.2. The number of ether oxygens (including phenoxy) is 2. The second-order valence-corrected chi connectivity index (χ2v) is 8.07. The van der Waals surface area contributed by atoms with Crippen molar-refractivity contribution in [2.24, 2.45) is 0 Å². The summed E-state index contributed by atoms with van der Waals surface area (Å²) in [5.41, 5.74) is 3.63. The van der Waals surface area contributed by atoms with Crippen molar-refractivity contribution in [1.82, 2.24) is 14.9 Å². The van der Waals surface area contributed by atoms with Crippen molar-refractivity contribution in [2.45, 2.75) is 51.6 Å². The molecule has 1 aliphatic carbocycles. The van der Waals surface area contributed by atoms with Gasteiger partial charge in [0, 0.05) is 31.2 Å². The molecule has 1 aromatic carbocycles. The molecule has 0 atom stereocenters. The predicted octanol–water partition coefficient (Wildman–Crippen LogP) is 4.10. The third-order valence-corrected chi connectivity index (χ3v) is 5.94. The summed E-state index contributed by atoms with van der Waals surface area (Å²) in [6.07, 6.45) is 5.38. The van der Waals surface area contributed by atoms with Crippen molar-refractivity contribution < 1.29 is 9.47 Å². The fourth-order valence-electron chi connectivity index (χ4n) is 4.30. The molecule has 1 saturated heterocycles. The van der Waals surface area contributed by atoms with Crippen LogP contribution in [0.15, 0.2) is 18.2 Å². The number of nitrogens with one attached hydrogen (secondary N) is 1. The maximum atomic E-state index is 6.13. The van der Waals surface area contributed by atoms with E-state index in [1.54, 1.807) is 7.11 Å². The van der Waals surface area contributed by atoms with Crippen molar-refractivity contribution in [3.05, 3.63) is 40.3 Å². The molecule has 1 aliphatic heterocycles. The molecule has 7 heteroatoms. The van der Waals surface area contributed by atoms with Gasteiger partial charge in [0.05, 0.1) is 19.4 Å². The first-order valence-electron chi connectivity index (χ1n) is 10.5. The Labute approximate surface area is 177 Å². The number of aromatic nitrogens is 2. The summed E-state index contributed by atoms with van der Waals surface area (Å²) in [6.45, 7) is 5.65. The van der Waals surface area contributed by atoms with Crippen LogP contribution in [0.25, 0.3) is 0 Å². The van der Waals surface area contributed by atoms with Gasteiger partial charge in [0.25, 0.3) is 0 Å². The molecule has 2 aromatic rings. The van der Waals surface area contributed by atoms with Crippen LogP contribution in [0.1, 0.15) is 43.0 Å². The average molecular weight is 417 g/mol. The normalized spacial score (nSPS) is 17.2. The van der Waals surface area contributed by atoms with Crippen LogP contribution < -0.4 is 14.8 Å². The Bertz CT molecular complexity index is 853. The van der Waals surface area contributed by atoms with E-state index in [9.17, 15) is 0 Å². The lowest BCUT2D eigenvalue weighted by molar-refractivity contribution is 0.210. The van der Waals surface area contributed by atoms with Crippen LogP contribution in [0, 0.1) is 0 Å². The molecule has 0 radical (unpaired) electrons. The summed E-state index contributed by atoms with van der Waals surface area (Å²) in [7, 11) is 1.68. The number of methoxy groups -OCH3 is 1. The quantitative estimate of drug-likeness (QED) is 0.685. The van der Waals surface area contributed by atoms with E-state index in [0.717, 1.165) is 74.7 Å². The summed E-state index contributed by atoms with van der Waals surface area (Å²) < 4.78 is 11.1. The lowest BCUT2D eigenvalue weighted by atomic mass is 10.0. The predicted molar refractivity (Wildman–Crippen MR) is 115 cm³/mol. The maximum absolute atomic E-state index is 6.13. The molecule has 2 aliphatic rings. The Kier molecular flexibility index (Phi) is 6.40. The topological polar surface area (TPSA) is 59.5 Å². The molecule has 0 spiro atoms. The zero-order chi connectivity index (χ0) is 20.2. The Balaban J connectivity index is 1.34. The van der Waals surface area contributed by atoms with Gasteiger partial charge in [-0.1, -0.05) is 6.07 Å². The first kappa shape index (κ1) is 20.2. The Morgan fingerprint density at radius 2 is 2.00 bits per heavy atom. The minimum absolute atomic E-state index is 0.357. The third kappa shape index (κ3) is 4.75. The number of aryl methyl sites for hydroxylation is 1. The number of piperidine rings is 1. The third-order valence-electron chi connectivity index (χ3n) is 5.77. The number of nitrogens with zero attached hydrogens (tertiary/aromatic N) is 3. The maximum Gasteiger partial charge on any atom is 0.224 e. The van der Waals surface area contributed by atoms with Crippen molar-refractivity contribution in [3.63, 3.8) is 0 Å². The SMILES string of the molecule is CCOc1cc(CN2CCC(Nc3nc(Cl)nc4c3CCC4)CC2)ccc1OC. The number of hydrogen-bond acceptors (Lipinski definition) is 6. The number of fused-ring (bicyclic) bond motifs is 1. The van der Waals surface area contributed by atoms with E-state index in [0.29, 0.717) is 17.9 Å². The minimum atomic E-state index is 0.357. The second-order valence-electron chi connectivity index (χ2n) is 7.73. The Hall–Kier alpha value is -2.05. The van der Waals surface area contributed by atoms with Crippen LogP contribution in [-0.4, -0.2) is 47.7 Å². The number of benzene rings is 1. The number of rotatable bonds is 7. The van der Waals surface area contributed by atoms with E-state index in [2.05, 4.69) is 32.3 Å². The molecular weight excluding hydrogens is 388 g/mol. The van der Waals surface area contributed by atoms with Crippen LogP contribution in [0.5, 0.6) is 11.5 Å². The highest BCUT2D eigenvalue weighted by molar-refractivity contribution is 6.28. The Morgan fingerprint density at radius 3 is 2.76 bits per heavy atom. The van der Waals surface area contributed by atoms with Gasteiger partial charge >= 0.3 is 0 Å². The smallest absolute Gasteiger partial charge is 0.224 e. The summed E-state index contributed by atoms with van der Waals surface area (Å²) in [5.74, 6) is 2.56. The molecule has 6 nitrogen and oxygen atoms in total. The average Bonchev–Trinajstić information content (AvgIpc) is 3.19. The highest BCUT2D eigenvalue weighted by Crippen LogP contribution is 2.30. The van der Waals surface area contributed by atoms with Crippen LogP contribution in [0.2, 0.25) is 5.28 Å². The van der Waals surface area contributed by atoms with Crippen LogP contribution in [0.4, 0.5) is 5.82 Å². The second kappa shape index (κ2) is 9.18. The molecule has 2 heterocycles. The zero-order valence-corrected chi connectivity index (χ0v) is 18.0. The number of halogens is 1. The van der Waals surface area contributed by atoms with Gasteiger partial charge in [0.15, 0.2) is 11.5 Å². The van der Waals surface area contributed by atoms with Gasteiger partial charge < -0.3 is 14.8 Å². The molecule has 29 heavy (non-hydrogen) atoms. The van der Waals surface area contributed by atoms with Crippen LogP contribution in [0.3, 0.4) is 0 Å². The van der Waals surface area contributed by atoms with E-state index in [-0.39, 0.29) is 0 Å². The molecular formula is C22H29ClN4O2. The van der Waals surface area contributed by atoms with E-state index in [1.807, 2.05) is 13.0 Å². The van der Waals surface area contributed by atoms with Crippen molar-refractivity contribution in [2.75, 3.05) is 32.1 Å². The first-order valence-corrected chi connectivity index (χ1v) is 10.9. The highest BCUT2D eigenvalue weighted by atomic mass is 35.5. The molecule has 156 valence electrons. The first-order chi connectivity index (χ1) is 14.2. The van der Waals surface area contributed by atoms with Gasteiger partial charge in [0.2, 0.25) is 5.28 Å². The van der Waals surface area contributed by atoms with Crippen LogP contribution in [-0.2, 0) is 19.4 Å². The van der Waals surface area contributed by atoms with Crippen molar-refractivity contribution in [3.8, 4) is 11.5 Å². The Morgan fingerprint density at radius 1 is 1.17 bits per heavy atom. The number of anilines is 1. The lowest BCUT2D eigenvalue weighted by Gasteiger charge is -2.33. The fraction of sp³-hybridized carbons (Fsp3) is 0.545. The molecule has 4 rings (SSSR count).